The van der Waals surface area contributed by atoms with Crippen LogP contribution in [-0.2, 0) is 11.3 Å². The Morgan fingerprint density at radius 3 is 2.63 bits per heavy atom. The normalized spacial score (nSPS) is 9.95. The number of rotatable bonds is 4. The van der Waals surface area contributed by atoms with Crippen molar-refractivity contribution in [2.75, 3.05) is 0 Å². The summed E-state index contributed by atoms with van der Waals surface area (Å²) in [4.78, 5) is 12.1. The Bertz CT molecular complexity index is 585. The summed E-state index contributed by atoms with van der Waals surface area (Å²) in [5, 5.41) is 0. The zero-order valence-corrected chi connectivity index (χ0v) is 10.9. The Morgan fingerprint density at radius 1 is 1.21 bits per heavy atom. The number of carbonyl (C=O) groups is 1. The third-order valence-electron chi connectivity index (χ3n) is 2.93. The highest BCUT2D eigenvalue weighted by Crippen LogP contribution is 2.14. The second-order valence-electron chi connectivity index (χ2n) is 4.34. The lowest BCUT2D eigenvalue weighted by Crippen LogP contribution is -2.07. The van der Waals surface area contributed by atoms with Crippen molar-refractivity contribution in [1.82, 2.24) is 0 Å². The van der Waals surface area contributed by atoms with Gasteiger partial charge in [0, 0.05) is 0 Å². The molecular formula is C17H16O2. The van der Waals surface area contributed by atoms with E-state index in [0.717, 1.165) is 16.7 Å². The van der Waals surface area contributed by atoms with Gasteiger partial charge in [-0.15, -0.1) is 0 Å². The van der Waals surface area contributed by atoms with Crippen LogP contribution in [0.15, 0.2) is 55.1 Å². The molecule has 0 fully saturated rings. The number of carbonyl (C=O) groups excluding carboxylic acids is 1. The second kappa shape index (κ2) is 6.01. The first-order valence-corrected chi connectivity index (χ1v) is 6.15. The molecule has 0 aliphatic rings. The van der Waals surface area contributed by atoms with Gasteiger partial charge in [0.25, 0.3) is 0 Å². The summed E-state index contributed by atoms with van der Waals surface area (Å²) in [7, 11) is 0. The molecule has 2 aromatic rings. The van der Waals surface area contributed by atoms with Gasteiger partial charge in [-0.3, -0.25) is 0 Å². The maximum atomic E-state index is 12.1. The highest BCUT2D eigenvalue weighted by Gasteiger charge is 2.10. The molecule has 0 spiro atoms. The van der Waals surface area contributed by atoms with E-state index < -0.39 is 0 Å². The van der Waals surface area contributed by atoms with E-state index >= 15 is 0 Å². The number of benzene rings is 2. The minimum absolute atomic E-state index is 0.289. The fourth-order valence-electron chi connectivity index (χ4n) is 1.79. The van der Waals surface area contributed by atoms with Crippen LogP contribution >= 0.6 is 0 Å². The topological polar surface area (TPSA) is 26.3 Å². The summed E-state index contributed by atoms with van der Waals surface area (Å²) in [6.07, 6.45) is 1.72. The highest BCUT2D eigenvalue weighted by atomic mass is 16.5. The molecule has 2 heteroatoms. The third kappa shape index (κ3) is 3.32. The van der Waals surface area contributed by atoms with Crippen LogP contribution in [0.4, 0.5) is 0 Å². The van der Waals surface area contributed by atoms with Gasteiger partial charge < -0.3 is 4.74 Å². The smallest absolute Gasteiger partial charge is 0.338 e. The first-order chi connectivity index (χ1) is 9.20. The first-order valence-electron chi connectivity index (χ1n) is 6.15. The molecule has 0 radical (unpaired) electrons. The molecule has 2 aromatic carbocycles. The van der Waals surface area contributed by atoms with Crippen molar-refractivity contribution >= 4 is 12.0 Å². The Labute approximate surface area is 113 Å². The molecule has 2 rings (SSSR count). The van der Waals surface area contributed by atoms with Crippen molar-refractivity contribution in [1.29, 1.82) is 0 Å². The Kier molecular flexibility index (Phi) is 4.14. The van der Waals surface area contributed by atoms with Crippen LogP contribution in [-0.4, -0.2) is 5.97 Å². The van der Waals surface area contributed by atoms with Gasteiger partial charge in [-0.05, 0) is 29.7 Å². The minimum atomic E-state index is -0.301. The number of hydrogen-bond donors (Lipinski definition) is 0. The summed E-state index contributed by atoms with van der Waals surface area (Å²) in [6, 6.07) is 15.3. The van der Waals surface area contributed by atoms with E-state index in [-0.39, 0.29) is 12.6 Å². The molecule has 0 amide bonds. The molecule has 0 aliphatic heterocycles. The SMILES string of the molecule is C=Cc1ccc(C)c(C(=O)OCc2ccccc2)c1. The summed E-state index contributed by atoms with van der Waals surface area (Å²) >= 11 is 0. The lowest BCUT2D eigenvalue weighted by Gasteiger charge is -2.08. The molecule has 19 heavy (non-hydrogen) atoms. The fraction of sp³-hybridized carbons (Fsp3) is 0.118. The van der Waals surface area contributed by atoms with E-state index in [9.17, 15) is 4.79 Å². The minimum Gasteiger partial charge on any atom is -0.457 e. The molecule has 0 aromatic heterocycles. The van der Waals surface area contributed by atoms with Crippen LogP contribution in [0.3, 0.4) is 0 Å². The maximum absolute atomic E-state index is 12.1. The third-order valence-corrected chi connectivity index (χ3v) is 2.93. The van der Waals surface area contributed by atoms with Gasteiger partial charge in [0.1, 0.15) is 6.61 Å². The summed E-state index contributed by atoms with van der Waals surface area (Å²) < 4.78 is 5.32. The van der Waals surface area contributed by atoms with Crippen LogP contribution in [0.1, 0.15) is 27.0 Å². The van der Waals surface area contributed by atoms with Crippen LogP contribution in [0.2, 0.25) is 0 Å². The largest absolute Gasteiger partial charge is 0.457 e. The Balaban J connectivity index is 2.10. The van der Waals surface area contributed by atoms with E-state index in [1.165, 1.54) is 0 Å². The summed E-state index contributed by atoms with van der Waals surface area (Å²) in [5.41, 5.74) is 3.39. The van der Waals surface area contributed by atoms with Gasteiger partial charge in [0.15, 0.2) is 0 Å². The highest BCUT2D eigenvalue weighted by molar-refractivity contribution is 5.91. The average Bonchev–Trinajstić information content (AvgIpc) is 2.46. The number of hydrogen-bond acceptors (Lipinski definition) is 2. The molecule has 2 nitrogen and oxygen atoms in total. The molecule has 0 atom stereocenters. The van der Waals surface area contributed by atoms with Crippen LogP contribution < -0.4 is 0 Å². The molecule has 0 heterocycles. The second-order valence-corrected chi connectivity index (χ2v) is 4.34. The molecule has 0 unspecified atom stereocenters. The molecule has 0 saturated heterocycles. The summed E-state index contributed by atoms with van der Waals surface area (Å²) in [5.74, 6) is -0.301. The van der Waals surface area contributed by atoms with Gasteiger partial charge in [-0.1, -0.05) is 55.1 Å². The Morgan fingerprint density at radius 2 is 1.95 bits per heavy atom. The zero-order valence-electron chi connectivity index (χ0n) is 10.9. The lowest BCUT2D eigenvalue weighted by atomic mass is 10.1. The van der Waals surface area contributed by atoms with Gasteiger partial charge in [0.2, 0.25) is 0 Å². The van der Waals surface area contributed by atoms with E-state index in [4.69, 9.17) is 4.74 Å². The molecular weight excluding hydrogens is 236 g/mol. The van der Waals surface area contributed by atoms with Gasteiger partial charge in [0.05, 0.1) is 5.56 Å². The van der Waals surface area contributed by atoms with Crippen molar-refractivity contribution in [3.05, 3.63) is 77.4 Å². The van der Waals surface area contributed by atoms with Gasteiger partial charge in [-0.2, -0.15) is 0 Å². The van der Waals surface area contributed by atoms with Crippen molar-refractivity contribution in [3.8, 4) is 0 Å². The molecule has 0 N–H and O–H groups in total. The molecule has 0 saturated carbocycles. The van der Waals surface area contributed by atoms with Crippen molar-refractivity contribution < 1.29 is 9.53 Å². The van der Waals surface area contributed by atoms with Crippen LogP contribution in [0.25, 0.3) is 6.08 Å². The van der Waals surface area contributed by atoms with E-state index in [0.29, 0.717) is 5.56 Å². The van der Waals surface area contributed by atoms with Crippen molar-refractivity contribution in [3.63, 3.8) is 0 Å². The van der Waals surface area contributed by atoms with E-state index in [2.05, 4.69) is 6.58 Å². The summed E-state index contributed by atoms with van der Waals surface area (Å²) in [6.45, 7) is 5.89. The lowest BCUT2D eigenvalue weighted by molar-refractivity contribution is 0.0472. The average molecular weight is 252 g/mol. The van der Waals surface area contributed by atoms with Crippen molar-refractivity contribution in [2.24, 2.45) is 0 Å². The predicted molar refractivity (Wildman–Crippen MR) is 76.8 cm³/mol. The van der Waals surface area contributed by atoms with Crippen molar-refractivity contribution in [2.45, 2.75) is 13.5 Å². The number of esters is 1. The monoisotopic (exact) mass is 252 g/mol. The molecule has 0 aliphatic carbocycles. The molecule has 96 valence electrons. The van der Waals surface area contributed by atoms with Gasteiger partial charge in [-0.25, -0.2) is 4.79 Å². The fourth-order valence-corrected chi connectivity index (χ4v) is 1.79. The predicted octanol–water partition coefficient (Wildman–Crippen LogP) is 4.00. The quantitative estimate of drug-likeness (QED) is 0.769. The zero-order chi connectivity index (χ0) is 13.7. The standard InChI is InChI=1S/C17H16O2/c1-3-14-10-9-13(2)16(11-14)17(18)19-12-15-7-5-4-6-8-15/h3-11H,1,12H2,2H3. The number of ether oxygens (including phenoxy) is 1. The first kappa shape index (κ1) is 13.1. The van der Waals surface area contributed by atoms with Crippen LogP contribution in [0.5, 0.6) is 0 Å². The van der Waals surface area contributed by atoms with E-state index in [1.54, 1.807) is 12.1 Å². The maximum Gasteiger partial charge on any atom is 0.338 e. The molecule has 0 bridgehead atoms. The number of aryl methyl sites for hydroxylation is 1. The van der Waals surface area contributed by atoms with Crippen LogP contribution in [0, 0.1) is 6.92 Å². The van der Waals surface area contributed by atoms with E-state index in [1.807, 2.05) is 49.4 Å². The Hall–Kier alpha value is -2.35. The van der Waals surface area contributed by atoms with Gasteiger partial charge >= 0.3 is 5.97 Å².